The Labute approximate surface area is 186 Å². The van der Waals surface area contributed by atoms with Gasteiger partial charge in [-0.1, -0.05) is 59.7 Å². The summed E-state index contributed by atoms with van der Waals surface area (Å²) < 4.78 is 0. The van der Waals surface area contributed by atoms with E-state index in [1.54, 1.807) is 0 Å². The fourth-order valence-electron chi connectivity index (χ4n) is 4.37. The highest BCUT2D eigenvalue weighted by atomic mass is 31.1. The molecule has 0 spiro atoms. The third-order valence-corrected chi connectivity index (χ3v) is 7.69. The summed E-state index contributed by atoms with van der Waals surface area (Å²) in [5.74, 6) is 0. The predicted molar refractivity (Wildman–Crippen MR) is 131 cm³/mol. The van der Waals surface area contributed by atoms with Gasteiger partial charge in [-0.05, 0) is 74.7 Å². The molecule has 3 rings (SSSR count). The Morgan fingerprint density at radius 3 is 1.35 bits per heavy atom. The molecule has 0 unspecified atom stereocenters. The van der Waals surface area contributed by atoms with Crippen LogP contribution in [0.5, 0.6) is 0 Å². The van der Waals surface area contributed by atoms with Crippen LogP contribution in [-0.2, 0) is 6.54 Å². The summed E-state index contributed by atoms with van der Waals surface area (Å²) in [5.41, 5.74) is 13.8. The van der Waals surface area contributed by atoms with E-state index >= 15 is 0 Å². The number of hydrogen-bond acceptors (Lipinski definition) is 3. The summed E-state index contributed by atoms with van der Waals surface area (Å²) in [6.07, 6.45) is 0. The molecule has 0 aliphatic heterocycles. The molecule has 0 aromatic heterocycles. The molecule has 2 N–H and O–H groups in total. The molecule has 0 aliphatic carbocycles. The van der Waals surface area contributed by atoms with Crippen LogP contribution >= 0.6 is 7.92 Å². The molecule has 4 heteroatoms. The molecule has 3 aromatic rings. The molecular formula is C27H30NO2P. The van der Waals surface area contributed by atoms with Gasteiger partial charge in [0.1, 0.15) is 0 Å². The molecule has 0 bridgehead atoms. The number of hydrogen-bond donors (Lipinski definition) is 1. The van der Waals surface area contributed by atoms with Crippen molar-refractivity contribution in [1.82, 2.24) is 0 Å². The van der Waals surface area contributed by atoms with Crippen molar-refractivity contribution in [2.45, 2.75) is 48.1 Å². The monoisotopic (exact) mass is 431 g/mol. The maximum Gasteiger partial charge on any atom is 0.197 e. The lowest BCUT2D eigenvalue weighted by Gasteiger charge is -2.21. The van der Waals surface area contributed by atoms with Crippen molar-refractivity contribution >= 4 is 24.3 Å². The fourth-order valence-corrected chi connectivity index (χ4v) is 6.62. The second-order valence-electron chi connectivity index (χ2n) is 8.36. The van der Waals surface area contributed by atoms with Crippen LogP contribution in [0, 0.1) is 41.5 Å². The maximum absolute atomic E-state index is 13.9. The van der Waals surface area contributed by atoms with Crippen LogP contribution in [-0.4, -0.2) is 11.0 Å². The van der Waals surface area contributed by atoms with Crippen LogP contribution < -0.4 is 11.0 Å². The number of aryl methyl sites for hydroxylation is 6. The predicted octanol–water partition coefficient (Wildman–Crippen LogP) is 5.78. The standard InChI is InChI=1S/C27H30NO2P/c1-16-11-18(3)24(19(4)12-16)26(29)31(23-9-7-22(15-28)8-10-23)27(30)25-20(5)13-17(2)14-21(25)6/h7-14H,15,28H2,1-6H3. The second kappa shape index (κ2) is 9.26. The summed E-state index contributed by atoms with van der Waals surface area (Å²) in [5, 5.41) is 0.765. The van der Waals surface area contributed by atoms with Gasteiger partial charge in [-0.15, -0.1) is 0 Å². The summed E-state index contributed by atoms with van der Waals surface area (Å²) in [4.78, 5) is 27.9. The smallest absolute Gasteiger partial charge is 0.197 e. The normalized spacial score (nSPS) is 11.1. The number of carbonyl (C=O) groups is 2. The SMILES string of the molecule is Cc1cc(C)c(C(=O)P(C(=O)c2c(C)cc(C)cc2C)c2ccc(CN)cc2)c(C)c1. The van der Waals surface area contributed by atoms with Crippen LogP contribution in [0.25, 0.3) is 0 Å². The van der Waals surface area contributed by atoms with Crippen LogP contribution in [0.3, 0.4) is 0 Å². The van der Waals surface area contributed by atoms with Gasteiger partial charge in [0.2, 0.25) is 0 Å². The first-order valence-corrected chi connectivity index (χ1v) is 11.8. The van der Waals surface area contributed by atoms with Crippen LogP contribution in [0.2, 0.25) is 0 Å². The van der Waals surface area contributed by atoms with E-state index in [0.717, 1.165) is 44.2 Å². The van der Waals surface area contributed by atoms with Gasteiger partial charge in [-0.25, -0.2) is 0 Å². The van der Waals surface area contributed by atoms with E-state index in [1.807, 2.05) is 90.1 Å². The largest absolute Gasteiger partial charge is 0.326 e. The highest BCUT2D eigenvalue weighted by Crippen LogP contribution is 2.45. The Morgan fingerprint density at radius 2 is 1.03 bits per heavy atom. The van der Waals surface area contributed by atoms with Gasteiger partial charge in [-0.3, -0.25) is 9.59 Å². The van der Waals surface area contributed by atoms with Crippen LogP contribution in [0.4, 0.5) is 0 Å². The number of rotatable bonds is 6. The lowest BCUT2D eigenvalue weighted by atomic mass is 10.0. The Hall–Kier alpha value is -2.61. The van der Waals surface area contributed by atoms with Gasteiger partial charge in [0, 0.05) is 17.7 Å². The van der Waals surface area contributed by atoms with E-state index in [-0.39, 0.29) is 11.0 Å². The second-order valence-corrected chi connectivity index (χ2v) is 10.4. The molecule has 0 radical (unpaired) electrons. The molecule has 160 valence electrons. The fraction of sp³-hybridized carbons (Fsp3) is 0.259. The Balaban J connectivity index is 2.21. The lowest BCUT2D eigenvalue weighted by Crippen LogP contribution is -2.19. The summed E-state index contributed by atoms with van der Waals surface area (Å²) in [6.45, 7) is 12.3. The molecule has 0 saturated heterocycles. The lowest BCUT2D eigenvalue weighted by molar-refractivity contribution is 0.105. The molecule has 3 nitrogen and oxygen atoms in total. The van der Waals surface area contributed by atoms with E-state index in [1.165, 1.54) is 0 Å². The van der Waals surface area contributed by atoms with Crippen LogP contribution in [0.1, 0.15) is 59.7 Å². The third-order valence-electron chi connectivity index (χ3n) is 5.62. The first-order valence-electron chi connectivity index (χ1n) is 10.5. The quantitative estimate of drug-likeness (QED) is 0.503. The molecule has 0 saturated carbocycles. The minimum atomic E-state index is -1.75. The summed E-state index contributed by atoms with van der Waals surface area (Å²) in [6, 6.07) is 15.7. The van der Waals surface area contributed by atoms with Gasteiger partial charge in [0.25, 0.3) is 0 Å². The minimum Gasteiger partial charge on any atom is -0.326 e. The highest BCUT2D eigenvalue weighted by Gasteiger charge is 2.33. The average molecular weight is 432 g/mol. The van der Waals surface area contributed by atoms with Gasteiger partial charge in [0.15, 0.2) is 11.0 Å². The van der Waals surface area contributed by atoms with Gasteiger partial charge in [-0.2, -0.15) is 0 Å². The summed E-state index contributed by atoms with van der Waals surface area (Å²) >= 11 is 0. The number of benzene rings is 3. The van der Waals surface area contributed by atoms with E-state index in [4.69, 9.17) is 5.73 Å². The molecule has 0 fully saturated rings. The molecule has 0 aliphatic rings. The van der Waals surface area contributed by atoms with Crippen molar-refractivity contribution in [2.75, 3.05) is 0 Å². The molecular weight excluding hydrogens is 401 g/mol. The Bertz CT molecular complexity index is 1050. The van der Waals surface area contributed by atoms with Crippen molar-refractivity contribution in [1.29, 1.82) is 0 Å². The van der Waals surface area contributed by atoms with Gasteiger partial charge >= 0.3 is 0 Å². The minimum absolute atomic E-state index is 0.0881. The maximum atomic E-state index is 13.9. The van der Waals surface area contributed by atoms with Gasteiger partial charge in [0.05, 0.1) is 7.92 Å². The topological polar surface area (TPSA) is 60.2 Å². The zero-order valence-corrected chi connectivity index (χ0v) is 20.1. The molecule has 0 atom stereocenters. The van der Waals surface area contributed by atoms with E-state index in [0.29, 0.717) is 17.7 Å². The average Bonchev–Trinajstić information content (AvgIpc) is 2.67. The number of nitrogens with two attached hydrogens (primary N) is 1. The summed E-state index contributed by atoms with van der Waals surface area (Å²) in [7, 11) is -1.75. The molecule has 0 heterocycles. The third kappa shape index (κ3) is 4.69. The Morgan fingerprint density at radius 1 is 0.677 bits per heavy atom. The van der Waals surface area contributed by atoms with Crippen molar-refractivity contribution in [3.05, 3.63) is 98.6 Å². The molecule has 0 amide bonds. The van der Waals surface area contributed by atoms with E-state index in [2.05, 4.69) is 0 Å². The molecule has 3 aromatic carbocycles. The first-order chi connectivity index (χ1) is 14.6. The molecule has 31 heavy (non-hydrogen) atoms. The zero-order valence-electron chi connectivity index (χ0n) is 19.2. The van der Waals surface area contributed by atoms with E-state index < -0.39 is 7.92 Å². The van der Waals surface area contributed by atoms with Crippen molar-refractivity contribution in [2.24, 2.45) is 5.73 Å². The Kier molecular flexibility index (Phi) is 6.89. The van der Waals surface area contributed by atoms with Crippen molar-refractivity contribution in [3.63, 3.8) is 0 Å². The highest BCUT2D eigenvalue weighted by molar-refractivity contribution is 7.96. The first kappa shape index (κ1) is 23.1. The van der Waals surface area contributed by atoms with Gasteiger partial charge < -0.3 is 5.73 Å². The number of carbonyl (C=O) groups excluding carboxylic acids is 2. The van der Waals surface area contributed by atoms with Crippen LogP contribution in [0.15, 0.2) is 48.5 Å². The van der Waals surface area contributed by atoms with E-state index in [9.17, 15) is 9.59 Å². The zero-order chi connectivity index (χ0) is 22.9. The van der Waals surface area contributed by atoms with Crippen molar-refractivity contribution < 1.29 is 9.59 Å². The van der Waals surface area contributed by atoms with Crippen molar-refractivity contribution in [3.8, 4) is 0 Å².